The number of anilines is 6. The topological polar surface area (TPSA) is 294 Å². The smallest absolute Gasteiger partial charge is 0.407 e. The molecule has 4 aromatic rings. The van der Waals surface area contributed by atoms with Crippen LogP contribution in [0.5, 0.6) is 0 Å². The van der Waals surface area contributed by atoms with Crippen molar-refractivity contribution in [2.75, 3.05) is 59.1 Å². The van der Waals surface area contributed by atoms with Crippen LogP contribution in [-0.4, -0.2) is 117 Å². The first-order valence-electron chi connectivity index (χ1n) is 21.3. The number of rotatable bonds is 11. The van der Waals surface area contributed by atoms with Crippen LogP contribution in [0.25, 0.3) is 0 Å². The quantitative estimate of drug-likeness (QED) is 0.129. The van der Waals surface area contributed by atoms with Crippen molar-refractivity contribution < 1.29 is 40.7 Å². The number of nitrogens with two attached hydrogens (primary N) is 1. The van der Waals surface area contributed by atoms with Crippen LogP contribution in [-0.2, 0) is 29.1 Å². The van der Waals surface area contributed by atoms with E-state index < -0.39 is 49.0 Å². The fourth-order valence-electron chi connectivity index (χ4n) is 6.90. The third kappa shape index (κ3) is 15.7. The minimum absolute atomic E-state index is 0.0450. The van der Waals surface area contributed by atoms with E-state index in [2.05, 4.69) is 41.2 Å². The number of nitrogens with zero attached hydrogens (tertiary/aromatic N) is 7. The lowest BCUT2D eigenvalue weighted by Crippen LogP contribution is -2.49. The van der Waals surface area contributed by atoms with Gasteiger partial charge < -0.3 is 46.3 Å². The number of benzene rings is 2. The van der Waals surface area contributed by atoms with Crippen LogP contribution in [0.2, 0.25) is 0 Å². The Bertz CT molecular complexity index is 2680. The number of piperidine rings is 2. The number of nitriles is 1. The number of sulfone groups is 2. The number of hydrogen-bond donors (Lipinski definition) is 5. The van der Waals surface area contributed by atoms with Gasteiger partial charge in [0.2, 0.25) is 0 Å². The predicted octanol–water partition coefficient (Wildman–Crippen LogP) is 5.20. The summed E-state index contributed by atoms with van der Waals surface area (Å²) in [5.41, 5.74) is 5.48. The molecule has 2 fully saturated rings. The van der Waals surface area contributed by atoms with Gasteiger partial charge in [0.1, 0.15) is 28.9 Å². The molecule has 2 aromatic carbocycles. The average molecular weight is 963 g/mol. The number of hydrogen-bond acceptors (Lipinski definition) is 18. The molecule has 6 N–H and O–H groups in total. The Morgan fingerprint density at radius 1 is 0.687 bits per heavy atom. The number of nitrogens with one attached hydrogen (secondary N) is 4. The summed E-state index contributed by atoms with van der Waals surface area (Å²) in [4.78, 5) is 58.0. The Labute approximate surface area is 391 Å². The summed E-state index contributed by atoms with van der Waals surface area (Å²) in [6.45, 7) is 13.3. The summed E-state index contributed by atoms with van der Waals surface area (Å²) in [5.74, 6) is 0.747. The molecule has 2 unspecified atom stereocenters. The van der Waals surface area contributed by atoms with E-state index in [1.807, 2.05) is 36.6 Å². The second-order valence-corrected chi connectivity index (χ2v) is 22.1. The maximum Gasteiger partial charge on any atom is 0.407 e. The zero-order valence-corrected chi connectivity index (χ0v) is 40.4. The van der Waals surface area contributed by atoms with E-state index in [4.69, 9.17) is 15.2 Å². The van der Waals surface area contributed by atoms with E-state index in [0.717, 1.165) is 44.7 Å². The Balaban J connectivity index is 0.000000251. The molecule has 67 heavy (non-hydrogen) atoms. The van der Waals surface area contributed by atoms with E-state index in [1.54, 1.807) is 45.0 Å². The van der Waals surface area contributed by atoms with Gasteiger partial charge in [0.05, 0.1) is 22.2 Å². The van der Waals surface area contributed by atoms with Crippen molar-refractivity contribution in [3.05, 3.63) is 72.3 Å². The minimum atomic E-state index is -3.33. The Morgan fingerprint density at radius 3 is 1.48 bits per heavy atom. The van der Waals surface area contributed by atoms with Gasteiger partial charge in [0.25, 0.3) is 5.91 Å². The van der Waals surface area contributed by atoms with Gasteiger partial charge in [-0.05, 0) is 116 Å². The lowest BCUT2D eigenvalue weighted by molar-refractivity contribution is 0.0488. The molecule has 0 saturated carbocycles. The van der Waals surface area contributed by atoms with Crippen LogP contribution in [0.15, 0.2) is 70.7 Å². The molecule has 2 aliphatic heterocycles. The van der Waals surface area contributed by atoms with Gasteiger partial charge in [-0.2, -0.15) is 5.26 Å². The summed E-state index contributed by atoms with van der Waals surface area (Å²) >= 11 is 0. The van der Waals surface area contributed by atoms with Crippen molar-refractivity contribution >= 4 is 72.4 Å². The second kappa shape index (κ2) is 21.2. The van der Waals surface area contributed by atoms with Gasteiger partial charge >= 0.3 is 12.2 Å². The van der Waals surface area contributed by atoms with Gasteiger partial charge in [0, 0.05) is 62.1 Å². The van der Waals surface area contributed by atoms with Crippen molar-refractivity contribution in [2.45, 2.75) is 100 Å². The first-order chi connectivity index (χ1) is 31.3. The fourth-order valence-corrected chi connectivity index (χ4v) is 8.16. The van der Waals surface area contributed by atoms with E-state index in [-0.39, 0.29) is 44.9 Å². The third-order valence-electron chi connectivity index (χ3n) is 9.88. The van der Waals surface area contributed by atoms with Crippen molar-refractivity contribution in [1.29, 1.82) is 5.26 Å². The second-order valence-electron chi connectivity index (χ2n) is 18.0. The normalized spacial score (nSPS) is 16.6. The van der Waals surface area contributed by atoms with Crippen molar-refractivity contribution in [3.63, 3.8) is 0 Å². The molecule has 360 valence electrons. The van der Waals surface area contributed by atoms with Crippen LogP contribution in [0.4, 0.5) is 44.2 Å². The fraction of sp³-hybridized carbons (Fsp3) is 0.455. The zero-order chi connectivity index (χ0) is 49.3. The molecular formula is C44H58N12O9S2. The lowest BCUT2D eigenvalue weighted by Gasteiger charge is -2.34. The molecule has 0 bridgehead atoms. The largest absolute Gasteiger partial charge is 0.444 e. The molecule has 3 amide bonds. The van der Waals surface area contributed by atoms with E-state index in [1.165, 1.54) is 36.7 Å². The molecule has 4 heterocycles. The van der Waals surface area contributed by atoms with Crippen molar-refractivity contribution in [1.82, 2.24) is 30.6 Å². The molecule has 0 spiro atoms. The number of amides is 3. The molecule has 2 aromatic heterocycles. The maximum atomic E-state index is 12.2. The molecule has 6 rings (SSSR count). The first-order valence-corrected chi connectivity index (χ1v) is 25.1. The van der Waals surface area contributed by atoms with Gasteiger partial charge in [0.15, 0.2) is 42.7 Å². The molecule has 21 nitrogen and oxygen atoms in total. The van der Waals surface area contributed by atoms with E-state index in [0.29, 0.717) is 42.6 Å². The van der Waals surface area contributed by atoms with Crippen molar-refractivity contribution in [2.24, 2.45) is 5.73 Å². The van der Waals surface area contributed by atoms with E-state index >= 15 is 0 Å². The lowest BCUT2D eigenvalue weighted by atomic mass is 10.1. The molecule has 23 heteroatoms. The van der Waals surface area contributed by atoms with Gasteiger partial charge in [-0.15, -0.1) is 0 Å². The monoisotopic (exact) mass is 962 g/mol. The van der Waals surface area contributed by atoms with Crippen LogP contribution in [0.3, 0.4) is 0 Å². The molecule has 2 aliphatic rings. The Morgan fingerprint density at radius 2 is 1.09 bits per heavy atom. The highest BCUT2D eigenvalue weighted by atomic mass is 32.2. The minimum Gasteiger partial charge on any atom is -0.444 e. The zero-order valence-electron chi connectivity index (χ0n) is 38.8. The number of carbonyl (C=O) groups excluding carboxylic acids is 3. The number of aromatic nitrogens is 4. The summed E-state index contributed by atoms with van der Waals surface area (Å²) < 4.78 is 57.4. The summed E-state index contributed by atoms with van der Waals surface area (Å²) in [5, 5.41) is 21.3. The van der Waals surface area contributed by atoms with Gasteiger partial charge in [-0.3, -0.25) is 4.79 Å². The van der Waals surface area contributed by atoms with Crippen LogP contribution < -0.4 is 36.8 Å². The maximum absolute atomic E-state index is 12.2. The predicted molar refractivity (Wildman–Crippen MR) is 252 cm³/mol. The highest BCUT2D eigenvalue weighted by molar-refractivity contribution is 7.91. The highest BCUT2D eigenvalue weighted by Gasteiger charge is 2.28. The SMILES string of the molecule is CC(C)(C)OC(=O)NC1CCCN(c2cnc(C#N)c(Nc3ccc(S(C)(=O)=O)cc3)n2)C1.CC(C)(C)OC(=O)NC1CCCN(c2cnc(C(N)=O)c(Nc3ccc(S(C)(=O)=O)cc3)n2)C1. The summed E-state index contributed by atoms with van der Waals surface area (Å²) in [7, 11) is -6.64. The Kier molecular flexibility index (Phi) is 16.2. The third-order valence-corrected chi connectivity index (χ3v) is 12.1. The number of carbonyl (C=O) groups is 3. The number of primary amides is 1. The highest BCUT2D eigenvalue weighted by Crippen LogP contribution is 2.26. The first kappa shape index (κ1) is 51.2. The molecule has 2 atom stereocenters. The Hall–Kier alpha value is -6.80. The van der Waals surface area contributed by atoms with Crippen LogP contribution in [0, 0.1) is 11.3 Å². The number of ether oxygens (including phenoxy) is 2. The van der Waals surface area contributed by atoms with Gasteiger partial charge in [-0.1, -0.05) is 0 Å². The number of alkyl carbamates (subject to hydrolysis) is 2. The van der Waals surface area contributed by atoms with Crippen LogP contribution in [0.1, 0.15) is 83.4 Å². The molecule has 0 radical (unpaired) electrons. The molecular weight excluding hydrogens is 905 g/mol. The van der Waals surface area contributed by atoms with E-state index in [9.17, 15) is 36.5 Å². The molecule has 0 aliphatic carbocycles. The van der Waals surface area contributed by atoms with Gasteiger partial charge in [-0.25, -0.2) is 46.4 Å². The van der Waals surface area contributed by atoms with Crippen LogP contribution >= 0.6 is 0 Å². The standard InChI is InChI=1S/C22H30N6O5S.C22H28N6O4S/c1-22(2,3)33-21(30)26-15-6-5-11-28(13-15)17-12-24-18(19(23)29)20(27-17)25-14-7-9-16(10-8-14)34(4,31)32;1-22(2,3)32-21(29)26-16-6-5-11-28(14-16)19-13-24-18(12-23)20(27-19)25-15-7-9-17(10-8-15)33(4,30)31/h7-10,12,15H,5-6,11,13H2,1-4H3,(H2,23,29)(H,25,27)(H,26,30);7-10,13,16H,5-6,11,14H2,1-4H3,(H,25,27)(H,26,29). The average Bonchev–Trinajstić information content (AvgIpc) is 3.22. The molecule has 2 saturated heterocycles. The summed E-state index contributed by atoms with van der Waals surface area (Å²) in [6.07, 6.45) is 7.60. The summed E-state index contributed by atoms with van der Waals surface area (Å²) in [6, 6.07) is 14.0. The van der Waals surface area contributed by atoms with Crippen molar-refractivity contribution in [3.8, 4) is 6.07 Å².